The van der Waals surface area contributed by atoms with Crippen molar-refractivity contribution >= 4 is 11.5 Å². The Labute approximate surface area is 109 Å². The number of aryl methyl sites for hydroxylation is 1. The summed E-state index contributed by atoms with van der Waals surface area (Å²) in [6.45, 7) is 1.66. The van der Waals surface area contributed by atoms with E-state index in [0.717, 1.165) is 25.8 Å². The van der Waals surface area contributed by atoms with Gasteiger partial charge in [0, 0.05) is 18.2 Å². The van der Waals surface area contributed by atoms with Crippen LogP contribution in [0.5, 0.6) is 0 Å². The molecule has 1 aromatic carbocycles. The van der Waals surface area contributed by atoms with Gasteiger partial charge in [-0.25, -0.2) is 0 Å². The zero-order chi connectivity index (χ0) is 12.4. The van der Waals surface area contributed by atoms with Crippen molar-refractivity contribution in [2.24, 2.45) is 5.92 Å². The second-order valence-corrected chi connectivity index (χ2v) is 5.60. The van der Waals surface area contributed by atoms with Gasteiger partial charge in [-0.1, -0.05) is 31.0 Å². The van der Waals surface area contributed by atoms with Crippen LogP contribution in [-0.4, -0.2) is 18.9 Å². The molecule has 2 aliphatic rings. The van der Waals surface area contributed by atoms with Crippen molar-refractivity contribution in [3.05, 3.63) is 29.8 Å². The SMILES string of the molecule is O=C(CN1CCCc2ccccc21)C1CCCC1. The summed E-state index contributed by atoms with van der Waals surface area (Å²) in [6, 6.07) is 8.54. The predicted molar refractivity (Wildman–Crippen MR) is 73.9 cm³/mol. The summed E-state index contributed by atoms with van der Waals surface area (Å²) in [4.78, 5) is 14.6. The van der Waals surface area contributed by atoms with Gasteiger partial charge in [0.2, 0.25) is 0 Å². The number of hydrogen-bond acceptors (Lipinski definition) is 2. The quantitative estimate of drug-likeness (QED) is 0.812. The molecule has 0 aromatic heterocycles. The maximum atomic E-state index is 12.3. The highest BCUT2D eigenvalue weighted by Crippen LogP contribution is 2.29. The summed E-state index contributed by atoms with van der Waals surface area (Å²) in [5, 5.41) is 0. The Morgan fingerprint density at radius 1 is 1.17 bits per heavy atom. The van der Waals surface area contributed by atoms with Gasteiger partial charge in [-0.2, -0.15) is 0 Å². The topological polar surface area (TPSA) is 20.3 Å². The van der Waals surface area contributed by atoms with Gasteiger partial charge in [-0.3, -0.25) is 4.79 Å². The van der Waals surface area contributed by atoms with E-state index in [1.54, 1.807) is 0 Å². The molecule has 1 fully saturated rings. The number of ketones is 1. The zero-order valence-corrected chi connectivity index (χ0v) is 10.9. The normalized spacial score (nSPS) is 19.9. The maximum absolute atomic E-state index is 12.3. The van der Waals surface area contributed by atoms with Crippen LogP contribution in [0.4, 0.5) is 5.69 Å². The first-order valence-electron chi connectivity index (χ1n) is 7.20. The van der Waals surface area contributed by atoms with E-state index in [2.05, 4.69) is 29.2 Å². The molecule has 2 nitrogen and oxygen atoms in total. The number of para-hydroxylation sites is 1. The number of hydrogen-bond donors (Lipinski definition) is 0. The Balaban J connectivity index is 1.72. The third kappa shape index (κ3) is 2.29. The molecule has 0 N–H and O–H groups in total. The minimum atomic E-state index is 0.346. The fraction of sp³-hybridized carbons (Fsp3) is 0.562. The molecule has 2 heteroatoms. The Bertz CT molecular complexity index is 434. The van der Waals surface area contributed by atoms with Crippen molar-refractivity contribution < 1.29 is 4.79 Å². The van der Waals surface area contributed by atoms with E-state index < -0.39 is 0 Å². The molecule has 18 heavy (non-hydrogen) atoms. The number of carbonyl (C=O) groups excluding carboxylic acids is 1. The molecular weight excluding hydrogens is 222 g/mol. The minimum absolute atomic E-state index is 0.346. The van der Waals surface area contributed by atoms with Crippen LogP contribution < -0.4 is 4.90 Å². The fourth-order valence-corrected chi connectivity index (χ4v) is 3.34. The molecule has 0 bridgehead atoms. The number of Topliss-reactive ketones (excluding diaryl/α,β-unsaturated/α-hetero) is 1. The molecule has 0 radical (unpaired) electrons. The standard InChI is InChI=1S/C16H21NO/c18-16(14-7-1-2-8-14)12-17-11-5-9-13-6-3-4-10-15(13)17/h3-4,6,10,14H,1-2,5,7-9,11-12H2. The van der Waals surface area contributed by atoms with E-state index in [0.29, 0.717) is 18.2 Å². The van der Waals surface area contributed by atoms with Gasteiger partial charge in [0.05, 0.1) is 6.54 Å². The first kappa shape index (κ1) is 11.8. The summed E-state index contributed by atoms with van der Waals surface area (Å²) < 4.78 is 0. The smallest absolute Gasteiger partial charge is 0.155 e. The van der Waals surface area contributed by atoms with E-state index in [1.165, 1.54) is 30.5 Å². The second kappa shape index (κ2) is 5.13. The van der Waals surface area contributed by atoms with Crippen LogP contribution in [0.15, 0.2) is 24.3 Å². The molecule has 1 heterocycles. The lowest BCUT2D eigenvalue weighted by atomic mass is 9.98. The van der Waals surface area contributed by atoms with Crippen LogP contribution in [0.2, 0.25) is 0 Å². The van der Waals surface area contributed by atoms with Crippen molar-refractivity contribution in [3.63, 3.8) is 0 Å². The van der Waals surface area contributed by atoms with Crippen molar-refractivity contribution in [2.45, 2.75) is 38.5 Å². The Kier molecular flexibility index (Phi) is 3.35. The van der Waals surface area contributed by atoms with E-state index in [1.807, 2.05) is 0 Å². The van der Waals surface area contributed by atoms with Crippen LogP contribution in [0.25, 0.3) is 0 Å². The van der Waals surface area contributed by atoms with Gasteiger partial charge in [-0.15, -0.1) is 0 Å². The highest BCUT2D eigenvalue weighted by Gasteiger charge is 2.25. The van der Waals surface area contributed by atoms with Crippen molar-refractivity contribution in [2.75, 3.05) is 18.0 Å². The first-order valence-corrected chi connectivity index (χ1v) is 7.20. The van der Waals surface area contributed by atoms with Gasteiger partial charge in [-0.05, 0) is 37.3 Å². The summed E-state index contributed by atoms with van der Waals surface area (Å²) in [7, 11) is 0. The molecule has 96 valence electrons. The number of nitrogens with zero attached hydrogens (tertiary/aromatic N) is 1. The molecular formula is C16H21NO. The Morgan fingerprint density at radius 3 is 2.78 bits per heavy atom. The average molecular weight is 243 g/mol. The molecule has 1 aliphatic carbocycles. The van der Waals surface area contributed by atoms with Gasteiger partial charge >= 0.3 is 0 Å². The van der Waals surface area contributed by atoms with Gasteiger partial charge in [0.1, 0.15) is 0 Å². The largest absolute Gasteiger partial charge is 0.364 e. The summed E-state index contributed by atoms with van der Waals surface area (Å²) in [5.41, 5.74) is 2.69. The Morgan fingerprint density at radius 2 is 1.94 bits per heavy atom. The van der Waals surface area contributed by atoms with E-state index in [4.69, 9.17) is 0 Å². The number of anilines is 1. The van der Waals surface area contributed by atoms with Gasteiger partial charge in [0.15, 0.2) is 5.78 Å². The van der Waals surface area contributed by atoms with Crippen LogP contribution in [0, 0.1) is 5.92 Å². The average Bonchev–Trinajstić information content (AvgIpc) is 2.93. The van der Waals surface area contributed by atoms with E-state index >= 15 is 0 Å². The number of carbonyl (C=O) groups is 1. The molecule has 0 saturated heterocycles. The van der Waals surface area contributed by atoms with Crippen LogP contribution >= 0.6 is 0 Å². The summed E-state index contributed by atoms with van der Waals surface area (Å²) >= 11 is 0. The zero-order valence-electron chi connectivity index (χ0n) is 10.9. The van der Waals surface area contributed by atoms with Crippen LogP contribution in [0.3, 0.4) is 0 Å². The highest BCUT2D eigenvalue weighted by molar-refractivity contribution is 5.86. The van der Waals surface area contributed by atoms with Crippen molar-refractivity contribution in [1.29, 1.82) is 0 Å². The fourth-order valence-electron chi connectivity index (χ4n) is 3.34. The first-order chi connectivity index (χ1) is 8.84. The maximum Gasteiger partial charge on any atom is 0.155 e. The molecule has 0 atom stereocenters. The third-order valence-electron chi connectivity index (χ3n) is 4.36. The van der Waals surface area contributed by atoms with Crippen molar-refractivity contribution in [3.8, 4) is 0 Å². The molecule has 1 aliphatic heterocycles. The summed E-state index contributed by atoms with van der Waals surface area (Å²) in [6.07, 6.45) is 7.06. The molecule has 1 aromatic rings. The number of rotatable bonds is 3. The number of fused-ring (bicyclic) bond motifs is 1. The molecule has 0 spiro atoms. The van der Waals surface area contributed by atoms with Crippen LogP contribution in [0.1, 0.15) is 37.7 Å². The highest BCUT2D eigenvalue weighted by atomic mass is 16.1. The van der Waals surface area contributed by atoms with Gasteiger partial charge in [0.25, 0.3) is 0 Å². The predicted octanol–water partition coefficient (Wildman–Crippen LogP) is 3.20. The minimum Gasteiger partial charge on any atom is -0.364 e. The van der Waals surface area contributed by atoms with Gasteiger partial charge < -0.3 is 4.90 Å². The van der Waals surface area contributed by atoms with Crippen molar-refractivity contribution in [1.82, 2.24) is 0 Å². The lowest BCUT2D eigenvalue weighted by Gasteiger charge is -2.31. The molecule has 3 rings (SSSR count). The van der Waals surface area contributed by atoms with E-state index in [9.17, 15) is 4.79 Å². The molecule has 1 saturated carbocycles. The lowest BCUT2D eigenvalue weighted by molar-refractivity contribution is -0.121. The van der Waals surface area contributed by atoms with Crippen LogP contribution in [-0.2, 0) is 11.2 Å². The third-order valence-corrected chi connectivity index (χ3v) is 4.36. The second-order valence-electron chi connectivity index (χ2n) is 5.60. The summed E-state index contributed by atoms with van der Waals surface area (Å²) in [5.74, 6) is 0.809. The molecule has 0 amide bonds. The number of benzene rings is 1. The Hall–Kier alpha value is -1.31. The lowest BCUT2D eigenvalue weighted by Crippen LogP contribution is -2.36. The monoisotopic (exact) mass is 243 g/mol. The van der Waals surface area contributed by atoms with E-state index in [-0.39, 0.29) is 0 Å². The molecule has 0 unspecified atom stereocenters.